The Labute approximate surface area is 160 Å². The average Bonchev–Trinajstić information content (AvgIpc) is 2.61. The molecule has 150 valence electrons. The van der Waals surface area contributed by atoms with E-state index in [1.54, 1.807) is 26.8 Å². The summed E-state index contributed by atoms with van der Waals surface area (Å²) in [7, 11) is 0. The van der Waals surface area contributed by atoms with Crippen LogP contribution in [0.1, 0.15) is 48.4 Å². The van der Waals surface area contributed by atoms with Gasteiger partial charge in [0.25, 0.3) is 5.91 Å². The van der Waals surface area contributed by atoms with Crippen LogP contribution in [0.5, 0.6) is 5.75 Å². The van der Waals surface area contributed by atoms with E-state index in [4.69, 9.17) is 0 Å². The van der Waals surface area contributed by atoms with Crippen LogP contribution < -0.4 is 10.1 Å². The number of alkyl halides is 3. The minimum absolute atomic E-state index is 0.0274. The van der Waals surface area contributed by atoms with E-state index in [0.717, 1.165) is 0 Å². The van der Waals surface area contributed by atoms with Crippen LogP contribution in [0.25, 0.3) is 0 Å². The monoisotopic (exact) mass is 394 g/mol. The molecule has 1 heterocycles. The molecule has 0 aliphatic heterocycles. The second kappa shape index (κ2) is 8.86. The molecule has 0 saturated heterocycles. The summed E-state index contributed by atoms with van der Waals surface area (Å²) in [6.07, 6.45) is -3.14. The molecule has 0 fully saturated rings. The lowest BCUT2D eigenvalue weighted by molar-refractivity contribution is -0.274. The lowest BCUT2D eigenvalue weighted by Crippen LogP contribution is -2.27. The van der Waals surface area contributed by atoms with Gasteiger partial charge in [-0.05, 0) is 36.8 Å². The minimum Gasteiger partial charge on any atom is -0.406 e. The fourth-order valence-electron chi connectivity index (χ4n) is 2.42. The zero-order valence-corrected chi connectivity index (χ0v) is 15.7. The Bertz CT molecular complexity index is 833. The number of nitrogens with one attached hydrogen (secondary N) is 1. The molecule has 0 bridgehead atoms. The number of amides is 1. The summed E-state index contributed by atoms with van der Waals surface area (Å²) in [4.78, 5) is 28.4. The summed E-state index contributed by atoms with van der Waals surface area (Å²) in [6.45, 7) is 5.30. The van der Waals surface area contributed by atoms with Crippen molar-refractivity contribution in [3.05, 3.63) is 59.4 Å². The Morgan fingerprint density at radius 2 is 1.75 bits per heavy atom. The number of hydrogen-bond acceptors (Lipinski definition) is 4. The Morgan fingerprint density at radius 3 is 2.32 bits per heavy atom. The minimum atomic E-state index is -4.75. The van der Waals surface area contributed by atoms with E-state index in [9.17, 15) is 22.8 Å². The molecule has 0 unspecified atom stereocenters. The Kier molecular flexibility index (Phi) is 6.77. The SMILES string of the molecule is CC(C)C(=O)Cc1cc(C(=O)N[C@H](C)c2ccc(OC(F)(F)F)cc2)ccn1. The number of nitrogens with zero attached hydrogens (tertiary/aromatic N) is 1. The standard InChI is InChI=1S/C20H21F3N2O3/c1-12(2)18(26)11-16-10-15(8-9-24-16)19(27)25-13(3)14-4-6-17(7-5-14)28-20(21,22)23/h4-10,12-13H,11H2,1-3H3,(H,25,27)/t13-/m1/s1. The highest BCUT2D eigenvalue weighted by molar-refractivity contribution is 5.94. The van der Waals surface area contributed by atoms with E-state index in [2.05, 4.69) is 15.0 Å². The van der Waals surface area contributed by atoms with Gasteiger partial charge in [-0.25, -0.2) is 0 Å². The van der Waals surface area contributed by atoms with Crippen molar-refractivity contribution in [2.75, 3.05) is 0 Å². The van der Waals surface area contributed by atoms with Gasteiger partial charge in [-0.1, -0.05) is 26.0 Å². The number of Topliss-reactive ketones (excluding diaryl/α,β-unsaturated/α-hetero) is 1. The number of rotatable bonds is 7. The van der Waals surface area contributed by atoms with Crippen LogP contribution in [0, 0.1) is 5.92 Å². The number of carbonyl (C=O) groups excluding carboxylic acids is 2. The molecule has 28 heavy (non-hydrogen) atoms. The molecule has 0 aliphatic carbocycles. The van der Waals surface area contributed by atoms with Crippen molar-refractivity contribution in [1.82, 2.24) is 10.3 Å². The number of halogens is 3. The summed E-state index contributed by atoms with van der Waals surface area (Å²) in [5.74, 6) is -0.796. The zero-order valence-electron chi connectivity index (χ0n) is 15.7. The van der Waals surface area contributed by atoms with Gasteiger partial charge >= 0.3 is 6.36 Å². The molecule has 1 amide bonds. The molecule has 1 atom stereocenters. The summed E-state index contributed by atoms with van der Waals surface area (Å²) < 4.78 is 40.5. The van der Waals surface area contributed by atoms with E-state index in [0.29, 0.717) is 16.8 Å². The molecule has 1 aromatic carbocycles. The van der Waals surface area contributed by atoms with Gasteiger partial charge in [0.1, 0.15) is 11.5 Å². The molecule has 0 radical (unpaired) electrons. The second-order valence-electron chi connectivity index (χ2n) is 6.65. The fraction of sp³-hybridized carbons (Fsp3) is 0.350. The summed E-state index contributed by atoms with van der Waals surface area (Å²) in [5.41, 5.74) is 1.48. The molecule has 8 heteroatoms. The number of ether oxygens (including phenoxy) is 1. The van der Waals surface area contributed by atoms with Gasteiger partial charge in [-0.3, -0.25) is 14.6 Å². The fourth-order valence-corrected chi connectivity index (χ4v) is 2.42. The molecule has 0 spiro atoms. The van der Waals surface area contributed by atoms with Crippen LogP contribution in [-0.4, -0.2) is 23.0 Å². The van der Waals surface area contributed by atoms with Crippen molar-refractivity contribution in [1.29, 1.82) is 0 Å². The summed E-state index contributed by atoms with van der Waals surface area (Å²) >= 11 is 0. The number of hydrogen-bond donors (Lipinski definition) is 1. The van der Waals surface area contributed by atoms with Crippen LogP contribution in [0.2, 0.25) is 0 Å². The van der Waals surface area contributed by atoms with Gasteiger partial charge in [-0.2, -0.15) is 0 Å². The van der Waals surface area contributed by atoms with Crippen LogP contribution in [0.3, 0.4) is 0 Å². The molecular weight excluding hydrogens is 373 g/mol. The van der Waals surface area contributed by atoms with E-state index in [1.807, 2.05) is 0 Å². The van der Waals surface area contributed by atoms with Crippen LogP contribution in [0.15, 0.2) is 42.6 Å². The normalized spacial score (nSPS) is 12.5. The first kappa shape index (κ1) is 21.4. The van der Waals surface area contributed by atoms with Crippen molar-refractivity contribution in [2.24, 2.45) is 5.92 Å². The van der Waals surface area contributed by atoms with Gasteiger partial charge in [0.15, 0.2) is 0 Å². The highest BCUT2D eigenvalue weighted by atomic mass is 19.4. The molecule has 1 aromatic heterocycles. The van der Waals surface area contributed by atoms with Crippen molar-refractivity contribution in [3.8, 4) is 5.75 Å². The van der Waals surface area contributed by atoms with Gasteiger partial charge in [0.05, 0.1) is 6.04 Å². The first-order chi connectivity index (χ1) is 13.0. The zero-order chi connectivity index (χ0) is 20.9. The highest BCUT2D eigenvalue weighted by Gasteiger charge is 2.31. The number of pyridine rings is 1. The number of aromatic nitrogens is 1. The topological polar surface area (TPSA) is 68.3 Å². The highest BCUT2D eigenvalue weighted by Crippen LogP contribution is 2.24. The van der Waals surface area contributed by atoms with E-state index in [-0.39, 0.29) is 29.8 Å². The van der Waals surface area contributed by atoms with Gasteiger partial charge in [0.2, 0.25) is 0 Å². The van der Waals surface area contributed by atoms with Crippen LogP contribution >= 0.6 is 0 Å². The van der Waals surface area contributed by atoms with E-state index >= 15 is 0 Å². The molecule has 2 aromatic rings. The Balaban J connectivity index is 2.03. The van der Waals surface area contributed by atoms with Crippen LogP contribution in [-0.2, 0) is 11.2 Å². The molecule has 0 aliphatic rings. The largest absolute Gasteiger partial charge is 0.573 e. The first-order valence-corrected chi connectivity index (χ1v) is 8.69. The predicted octanol–water partition coefficient (Wildman–Crippen LogP) is 4.24. The molecular formula is C20H21F3N2O3. The van der Waals surface area contributed by atoms with Crippen molar-refractivity contribution in [2.45, 2.75) is 39.6 Å². The third-order valence-electron chi connectivity index (χ3n) is 4.04. The maximum Gasteiger partial charge on any atom is 0.573 e. The number of ketones is 1. The summed E-state index contributed by atoms with van der Waals surface area (Å²) in [5, 5.41) is 2.77. The molecule has 1 N–H and O–H groups in total. The Hall–Kier alpha value is -2.90. The van der Waals surface area contributed by atoms with Crippen molar-refractivity contribution >= 4 is 11.7 Å². The Morgan fingerprint density at radius 1 is 1.11 bits per heavy atom. The molecule has 0 saturated carbocycles. The number of benzene rings is 1. The quantitative estimate of drug-likeness (QED) is 0.763. The second-order valence-corrected chi connectivity index (χ2v) is 6.65. The van der Waals surface area contributed by atoms with Gasteiger partial charge in [-0.15, -0.1) is 13.2 Å². The third-order valence-corrected chi connectivity index (χ3v) is 4.04. The van der Waals surface area contributed by atoms with Gasteiger partial charge in [0, 0.05) is 29.8 Å². The maximum absolute atomic E-state index is 12.5. The maximum atomic E-state index is 12.5. The smallest absolute Gasteiger partial charge is 0.406 e. The summed E-state index contributed by atoms with van der Waals surface area (Å²) in [6, 6.07) is 7.92. The number of carbonyl (C=O) groups is 2. The van der Waals surface area contributed by atoms with E-state index < -0.39 is 12.4 Å². The molecule has 5 nitrogen and oxygen atoms in total. The lowest BCUT2D eigenvalue weighted by atomic mass is 10.0. The predicted molar refractivity (Wildman–Crippen MR) is 96.8 cm³/mol. The first-order valence-electron chi connectivity index (χ1n) is 8.69. The molecule has 2 rings (SSSR count). The van der Waals surface area contributed by atoms with E-state index in [1.165, 1.54) is 36.5 Å². The van der Waals surface area contributed by atoms with Crippen molar-refractivity contribution < 1.29 is 27.5 Å². The van der Waals surface area contributed by atoms with Gasteiger partial charge < -0.3 is 10.1 Å². The third kappa shape index (κ3) is 6.37. The van der Waals surface area contributed by atoms with Crippen LogP contribution in [0.4, 0.5) is 13.2 Å². The average molecular weight is 394 g/mol. The van der Waals surface area contributed by atoms with Crippen molar-refractivity contribution in [3.63, 3.8) is 0 Å². The lowest BCUT2D eigenvalue weighted by Gasteiger charge is -2.16.